The van der Waals surface area contributed by atoms with Crippen molar-refractivity contribution in [2.75, 3.05) is 30.0 Å². The van der Waals surface area contributed by atoms with Crippen molar-refractivity contribution in [3.8, 4) is 0 Å². The van der Waals surface area contributed by atoms with Crippen LogP contribution in [0.5, 0.6) is 0 Å². The van der Waals surface area contributed by atoms with E-state index in [1.807, 2.05) is 55.5 Å². The Bertz CT molecular complexity index is 797. The Morgan fingerprint density at radius 3 is 2.33 bits per heavy atom. The number of rotatable bonds is 5. The summed E-state index contributed by atoms with van der Waals surface area (Å²) in [6.07, 6.45) is 0. The molecule has 2 aromatic carbocycles. The van der Waals surface area contributed by atoms with Crippen LogP contribution < -0.4 is 10.2 Å². The Morgan fingerprint density at radius 2 is 1.74 bits per heavy atom. The third kappa shape index (κ3) is 4.55. The zero-order chi connectivity index (χ0) is 19.4. The van der Waals surface area contributed by atoms with Gasteiger partial charge in [-0.15, -0.1) is 0 Å². The molecule has 1 atom stereocenters. The molecule has 1 aliphatic heterocycles. The standard InChI is InChI=1S/C22H26N2O3/c1-15(2)21(17-6-4-16(3)5-7-17)22(26)23-18-8-10-19(11-9-18)24-12-13-27-14-20(24)25/h4-11,15,21H,12-14H2,1-3H3,(H,23,26). The predicted molar refractivity (Wildman–Crippen MR) is 107 cm³/mol. The molecule has 0 aliphatic carbocycles. The van der Waals surface area contributed by atoms with Gasteiger partial charge in [0.25, 0.3) is 5.91 Å². The normalized spacial score (nSPS) is 15.7. The molecular formula is C22H26N2O3. The maximum Gasteiger partial charge on any atom is 0.253 e. The summed E-state index contributed by atoms with van der Waals surface area (Å²) in [6.45, 7) is 7.35. The molecule has 0 spiro atoms. The first-order valence-electron chi connectivity index (χ1n) is 9.31. The van der Waals surface area contributed by atoms with Crippen LogP contribution in [0.1, 0.15) is 30.9 Å². The second kappa shape index (κ2) is 8.35. The summed E-state index contributed by atoms with van der Waals surface area (Å²) < 4.78 is 5.16. The highest BCUT2D eigenvalue weighted by atomic mass is 16.5. The van der Waals surface area contributed by atoms with Crippen molar-refractivity contribution in [3.05, 3.63) is 59.7 Å². The summed E-state index contributed by atoms with van der Waals surface area (Å²) in [7, 11) is 0. The molecule has 1 heterocycles. The largest absolute Gasteiger partial charge is 0.370 e. The summed E-state index contributed by atoms with van der Waals surface area (Å²) in [5.41, 5.74) is 3.74. The Labute approximate surface area is 160 Å². The molecular weight excluding hydrogens is 340 g/mol. The molecule has 0 saturated carbocycles. The SMILES string of the molecule is Cc1ccc(C(C(=O)Nc2ccc(N3CCOCC3=O)cc2)C(C)C)cc1. The molecule has 0 radical (unpaired) electrons. The van der Waals surface area contributed by atoms with Gasteiger partial charge in [0.15, 0.2) is 0 Å². The summed E-state index contributed by atoms with van der Waals surface area (Å²) in [5, 5.41) is 3.01. The van der Waals surface area contributed by atoms with Crippen molar-refractivity contribution in [2.24, 2.45) is 5.92 Å². The van der Waals surface area contributed by atoms with E-state index < -0.39 is 0 Å². The van der Waals surface area contributed by atoms with Crippen LogP contribution in [0.25, 0.3) is 0 Å². The molecule has 5 nitrogen and oxygen atoms in total. The fourth-order valence-electron chi connectivity index (χ4n) is 3.35. The van der Waals surface area contributed by atoms with Gasteiger partial charge in [0, 0.05) is 17.9 Å². The third-order valence-corrected chi connectivity index (χ3v) is 4.82. The number of aryl methyl sites for hydroxylation is 1. The predicted octanol–water partition coefficient (Wildman–Crippen LogP) is 3.74. The highest BCUT2D eigenvalue weighted by Crippen LogP contribution is 2.27. The van der Waals surface area contributed by atoms with E-state index in [0.29, 0.717) is 13.2 Å². The summed E-state index contributed by atoms with van der Waals surface area (Å²) in [5.74, 6) is -0.106. The summed E-state index contributed by atoms with van der Waals surface area (Å²) in [6, 6.07) is 15.5. The van der Waals surface area contributed by atoms with Crippen molar-refractivity contribution in [1.82, 2.24) is 0 Å². The number of anilines is 2. The van der Waals surface area contributed by atoms with Crippen LogP contribution in [0.3, 0.4) is 0 Å². The third-order valence-electron chi connectivity index (χ3n) is 4.82. The fraction of sp³-hybridized carbons (Fsp3) is 0.364. The number of nitrogens with one attached hydrogen (secondary N) is 1. The topological polar surface area (TPSA) is 58.6 Å². The minimum Gasteiger partial charge on any atom is -0.370 e. The second-order valence-electron chi connectivity index (χ2n) is 7.27. The lowest BCUT2D eigenvalue weighted by Crippen LogP contribution is -2.41. The lowest BCUT2D eigenvalue weighted by Gasteiger charge is -2.27. The molecule has 2 aromatic rings. The van der Waals surface area contributed by atoms with Crippen molar-refractivity contribution in [3.63, 3.8) is 0 Å². The van der Waals surface area contributed by atoms with E-state index in [1.165, 1.54) is 5.56 Å². The Kier molecular flexibility index (Phi) is 5.91. The van der Waals surface area contributed by atoms with E-state index in [9.17, 15) is 9.59 Å². The van der Waals surface area contributed by atoms with Crippen molar-refractivity contribution < 1.29 is 14.3 Å². The summed E-state index contributed by atoms with van der Waals surface area (Å²) >= 11 is 0. The molecule has 142 valence electrons. The Balaban J connectivity index is 1.72. The average molecular weight is 366 g/mol. The van der Waals surface area contributed by atoms with Crippen molar-refractivity contribution >= 4 is 23.2 Å². The van der Waals surface area contributed by atoms with Gasteiger partial charge < -0.3 is 15.0 Å². The van der Waals surface area contributed by atoms with Gasteiger partial charge in [-0.3, -0.25) is 9.59 Å². The lowest BCUT2D eigenvalue weighted by atomic mass is 9.87. The first-order chi connectivity index (χ1) is 13.0. The molecule has 0 aromatic heterocycles. The van der Waals surface area contributed by atoms with Gasteiger partial charge in [-0.05, 0) is 42.7 Å². The number of benzene rings is 2. The van der Waals surface area contributed by atoms with Crippen LogP contribution in [0.15, 0.2) is 48.5 Å². The first kappa shape index (κ1) is 19.1. The number of nitrogens with zero attached hydrogens (tertiary/aromatic N) is 1. The smallest absolute Gasteiger partial charge is 0.253 e. The molecule has 5 heteroatoms. The number of hydrogen-bond donors (Lipinski definition) is 1. The molecule has 1 saturated heterocycles. The van der Waals surface area contributed by atoms with Gasteiger partial charge in [0.1, 0.15) is 6.61 Å². The van der Waals surface area contributed by atoms with Gasteiger partial charge in [-0.25, -0.2) is 0 Å². The van der Waals surface area contributed by atoms with Crippen LogP contribution in [-0.4, -0.2) is 31.6 Å². The highest BCUT2D eigenvalue weighted by molar-refractivity contribution is 5.97. The molecule has 1 fully saturated rings. The molecule has 1 N–H and O–H groups in total. The van der Waals surface area contributed by atoms with E-state index in [-0.39, 0.29) is 30.3 Å². The molecule has 3 rings (SSSR count). The quantitative estimate of drug-likeness (QED) is 0.877. The average Bonchev–Trinajstić information content (AvgIpc) is 2.64. The van der Waals surface area contributed by atoms with Gasteiger partial charge in [-0.1, -0.05) is 43.7 Å². The highest BCUT2D eigenvalue weighted by Gasteiger charge is 2.24. The van der Waals surface area contributed by atoms with Gasteiger partial charge in [-0.2, -0.15) is 0 Å². The minimum absolute atomic E-state index is 0.0240. The Morgan fingerprint density at radius 1 is 1.07 bits per heavy atom. The number of amides is 2. The van der Waals surface area contributed by atoms with Crippen LogP contribution in [0.2, 0.25) is 0 Å². The van der Waals surface area contributed by atoms with Crippen molar-refractivity contribution in [1.29, 1.82) is 0 Å². The Hall–Kier alpha value is -2.66. The van der Waals surface area contributed by atoms with E-state index >= 15 is 0 Å². The zero-order valence-electron chi connectivity index (χ0n) is 16.1. The second-order valence-corrected chi connectivity index (χ2v) is 7.27. The summed E-state index contributed by atoms with van der Waals surface area (Å²) in [4.78, 5) is 26.5. The molecule has 1 unspecified atom stereocenters. The van der Waals surface area contributed by atoms with E-state index in [0.717, 1.165) is 16.9 Å². The fourth-order valence-corrected chi connectivity index (χ4v) is 3.35. The van der Waals surface area contributed by atoms with Crippen LogP contribution in [-0.2, 0) is 14.3 Å². The van der Waals surface area contributed by atoms with Gasteiger partial charge >= 0.3 is 0 Å². The molecule has 0 bridgehead atoms. The van der Waals surface area contributed by atoms with Crippen molar-refractivity contribution in [2.45, 2.75) is 26.7 Å². The van der Waals surface area contributed by atoms with Crippen LogP contribution >= 0.6 is 0 Å². The monoisotopic (exact) mass is 366 g/mol. The minimum atomic E-state index is -0.217. The maximum atomic E-state index is 12.9. The maximum absolute atomic E-state index is 12.9. The number of ether oxygens (including phenoxy) is 1. The molecule has 27 heavy (non-hydrogen) atoms. The number of hydrogen-bond acceptors (Lipinski definition) is 3. The number of carbonyl (C=O) groups is 2. The number of carbonyl (C=O) groups excluding carboxylic acids is 2. The van der Waals surface area contributed by atoms with E-state index in [2.05, 4.69) is 19.2 Å². The number of morpholine rings is 1. The molecule has 1 aliphatic rings. The van der Waals surface area contributed by atoms with Crippen LogP contribution in [0.4, 0.5) is 11.4 Å². The zero-order valence-corrected chi connectivity index (χ0v) is 16.1. The molecule has 2 amide bonds. The van der Waals surface area contributed by atoms with E-state index in [4.69, 9.17) is 4.74 Å². The van der Waals surface area contributed by atoms with E-state index in [1.54, 1.807) is 4.90 Å². The van der Waals surface area contributed by atoms with Crippen LogP contribution in [0, 0.1) is 12.8 Å². The first-order valence-corrected chi connectivity index (χ1v) is 9.31. The lowest BCUT2D eigenvalue weighted by molar-refractivity contribution is -0.125. The van der Waals surface area contributed by atoms with Gasteiger partial charge in [0.2, 0.25) is 5.91 Å². The van der Waals surface area contributed by atoms with Gasteiger partial charge in [0.05, 0.1) is 12.5 Å².